The summed E-state index contributed by atoms with van der Waals surface area (Å²) in [6, 6.07) is 13.7. The van der Waals surface area contributed by atoms with Gasteiger partial charge in [-0.3, -0.25) is 10.1 Å². The van der Waals surface area contributed by atoms with E-state index in [0.717, 1.165) is 5.56 Å². The molecule has 8 nitrogen and oxygen atoms in total. The molecule has 3 rings (SSSR count). The van der Waals surface area contributed by atoms with Crippen molar-refractivity contribution in [1.29, 1.82) is 0 Å². The second-order valence-corrected chi connectivity index (χ2v) is 5.83. The van der Waals surface area contributed by atoms with Gasteiger partial charge in [0.15, 0.2) is 0 Å². The molecular formula is C18H15ClN4O4. The molecule has 0 spiro atoms. The van der Waals surface area contributed by atoms with E-state index < -0.39 is 4.92 Å². The summed E-state index contributed by atoms with van der Waals surface area (Å²) in [6.45, 7) is 0.330. The van der Waals surface area contributed by atoms with E-state index in [1.807, 2.05) is 12.1 Å². The van der Waals surface area contributed by atoms with Crippen molar-refractivity contribution in [2.45, 2.75) is 6.54 Å². The van der Waals surface area contributed by atoms with E-state index in [2.05, 4.69) is 15.3 Å². The third kappa shape index (κ3) is 4.62. The van der Waals surface area contributed by atoms with Crippen LogP contribution in [-0.2, 0) is 6.54 Å². The number of methoxy groups -OCH3 is 1. The highest BCUT2D eigenvalue weighted by atomic mass is 35.5. The highest BCUT2D eigenvalue weighted by Gasteiger charge is 2.25. The van der Waals surface area contributed by atoms with Crippen LogP contribution in [0.5, 0.6) is 17.4 Å². The number of anilines is 1. The summed E-state index contributed by atoms with van der Waals surface area (Å²) in [5.74, 6) is 0.943. The molecule has 1 aromatic heterocycles. The van der Waals surface area contributed by atoms with Gasteiger partial charge >= 0.3 is 11.6 Å². The quantitative estimate of drug-likeness (QED) is 0.473. The van der Waals surface area contributed by atoms with E-state index in [1.165, 1.54) is 6.33 Å². The molecule has 0 atom stereocenters. The van der Waals surface area contributed by atoms with Crippen LogP contribution in [0.4, 0.5) is 11.5 Å². The monoisotopic (exact) mass is 386 g/mol. The highest BCUT2D eigenvalue weighted by Crippen LogP contribution is 2.34. The second-order valence-electron chi connectivity index (χ2n) is 5.39. The summed E-state index contributed by atoms with van der Waals surface area (Å²) in [4.78, 5) is 18.9. The van der Waals surface area contributed by atoms with Gasteiger partial charge in [-0.15, -0.1) is 0 Å². The molecule has 0 saturated heterocycles. The van der Waals surface area contributed by atoms with Gasteiger partial charge in [-0.05, 0) is 42.0 Å². The average Bonchev–Trinajstić information content (AvgIpc) is 2.68. The summed E-state index contributed by atoms with van der Waals surface area (Å²) in [7, 11) is 1.55. The Kier molecular flexibility index (Phi) is 5.68. The minimum atomic E-state index is -0.580. The van der Waals surface area contributed by atoms with Crippen LogP contribution in [-0.4, -0.2) is 22.0 Å². The molecule has 0 aliphatic heterocycles. The van der Waals surface area contributed by atoms with Crippen molar-refractivity contribution in [3.63, 3.8) is 0 Å². The molecule has 1 heterocycles. The molecular weight excluding hydrogens is 372 g/mol. The van der Waals surface area contributed by atoms with Crippen molar-refractivity contribution in [1.82, 2.24) is 9.97 Å². The molecule has 27 heavy (non-hydrogen) atoms. The molecule has 0 saturated carbocycles. The third-order valence-corrected chi connectivity index (χ3v) is 3.87. The molecule has 2 aromatic carbocycles. The molecule has 3 aromatic rings. The standard InChI is InChI=1S/C18H15ClN4O4/c1-26-14-6-8-15(9-7-14)27-18-16(23(24)25)17(21-11-22-18)20-10-12-2-4-13(19)5-3-12/h2-9,11H,10H2,1H3,(H,20,21,22). The van der Waals surface area contributed by atoms with Gasteiger partial charge in [0.1, 0.15) is 17.8 Å². The zero-order valence-electron chi connectivity index (χ0n) is 14.3. The number of rotatable bonds is 7. The van der Waals surface area contributed by atoms with Gasteiger partial charge in [0.2, 0.25) is 5.82 Å². The summed E-state index contributed by atoms with van der Waals surface area (Å²) < 4.78 is 10.6. The zero-order chi connectivity index (χ0) is 19.2. The zero-order valence-corrected chi connectivity index (χ0v) is 15.0. The number of aromatic nitrogens is 2. The molecule has 0 unspecified atom stereocenters. The number of nitrogens with zero attached hydrogens (tertiary/aromatic N) is 3. The maximum absolute atomic E-state index is 11.6. The van der Waals surface area contributed by atoms with Gasteiger partial charge in [-0.25, -0.2) is 4.98 Å². The van der Waals surface area contributed by atoms with Crippen LogP contribution >= 0.6 is 11.6 Å². The molecule has 0 aliphatic carbocycles. The van der Waals surface area contributed by atoms with E-state index in [4.69, 9.17) is 21.1 Å². The fourth-order valence-corrected chi connectivity index (χ4v) is 2.40. The first-order valence-corrected chi connectivity index (χ1v) is 8.24. The topological polar surface area (TPSA) is 99.4 Å². The second kappa shape index (κ2) is 8.33. The maximum atomic E-state index is 11.6. The van der Waals surface area contributed by atoms with E-state index in [0.29, 0.717) is 23.1 Å². The molecule has 0 amide bonds. The van der Waals surface area contributed by atoms with Gasteiger partial charge in [-0.1, -0.05) is 23.7 Å². The molecule has 138 valence electrons. The highest BCUT2D eigenvalue weighted by molar-refractivity contribution is 6.30. The van der Waals surface area contributed by atoms with Crippen LogP contribution in [0.25, 0.3) is 0 Å². The lowest BCUT2D eigenvalue weighted by Gasteiger charge is -2.10. The van der Waals surface area contributed by atoms with Crippen LogP contribution in [0.1, 0.15) is 5.56 Å². The van der Waals surface area contributed by atoms with E-state index in [-0.39, 0.29) is 17.4 Å². The fourth-order valence-electron chi connectivity index (χ4n) is 2.27. The SMILES string of the molecule is COc1ccc(Oc2ncnc(NCc3ccc(Cl)cc3)c2[N+](=O)[O-])cc1. The number of hydrogen-bond acceptors (Lipinski definition) is 7. The number of hydrogen-bond donors (Lipinski definition) is 1. The molecule has 1 N–H and O–H groups in total. The van der Waals surface area contributed by atoms with Gasteiger partial charge in [0.25, 0.3) is 0 Å². The Morgan fingerprint density at radius 1 is 1.07 bits per heavy atom. The van der Waals surface area contributed by atoms with Crippen molar-refractivity contribution in [3.05, 3.63) is 75.6 Å². The van der Waals surface area contributed by atoms with Crippen molar-refractivity contribution in [3.8, 4) is 17.4 Å². The maximum Gasteiger partial charge on any atom is 0.373 e. The fraction of sp³-hybridized carbons (Fsp3) is 0.111. The number of nitrogens with one attached hydrogen (secondary N) is 1. The van der Waals surface area contributed by atoms with Gasteiger partial charge in [0.05, 0.1) is 12.0 Å². The minimum absolute atomic E-state index is 0.0634. The molecule has 0 aliphatic rings. The van der Waals surface area contributed by atoms with Gasteiger partial charge in [-0.2, -0.15) is 4.98 Å². The lowest BCUT2D eigenvalue weighted by molar-refractivity contribution is -0.385. The lowest BCUT2D eigenvalue weighted by Crippen LogP contribution is -2.07. The van der Waals surface area contributed by atoms with Crippen LogP contribution in [0, 0.1) is 10.1 Å². The first-order chi connectivity index (χ1) is 13.1. The van der Waals surface area contributed by atoms with E-state index in [1.54, 1.807) is 43.5 Å². The molecule has 0 fully saturated rings. The number of ether oxygens (including phenoxy) is 2. The normalized spacial score (nSPS) is 10.3. The lowest BCUT2D eigenvalue weighted by atomic mass is 10.2. The summed E-state index contributed by atoms with van der Waals surface area (Å²) in [5, 5.41) is 15.1. The predicted molar refractivity (Wildman–Crippen MR) is 101 cm³/mol. The Bertz CT molecular complexity index is 933. The smallest absolute Gasteiger partial charge is 0.373 e. The first-order valence-electron chi connectivity index (χ1n) is 7.86. The van der Waals surface area contributed by atoms with Crippen molar-refractivity contribution in [2.24, 2.45) is 0 Å². The Balaban J connectivity index is 1.83. The first kappa shape index (κ1) is 18.4. The molecule has 9 heteroatoms. The van der Waals surface area contributed by atoms with Gasteiger partial charge < -0.3 is 14.8 Å². The number of halogens is 1. The van der Waals surface area contributed by atoms with Crippen LogP contribution in [0.3, 0.4) is 0 Å². The Labute approximate surface area is 159 Å². The van der Waals surface area contributed by atoms with Crippen LogP contribution in [0.2, 0.25) is 5.02 Å². The Hall–Kier alpha value is -3.39. The van der Waals surface area contributed by atoms with Crippen molar-refractivity contribution in [2.75, 3.05) is 12.4 Å². The van der Waals surface area contributed by atoms with Crippen molar-refractivity contribution < 1.29 is 14.4 Å². The average molecular weight is 387 g/mol. The van der Waals surface area contributed by atoms with Crippen molar-refractivity contribution >= 4 is 23.1 Å². The number of nitro groups is 1. The molecule has 0 bridgehead atoms. The largest absolute Gasteiger partial charge is 0.497 e. The Morgan fingerprint density at radius 3 is 2.37 bits per heavy atom. The minimum Gasteiger partial charge on any atom is -0.497 e. The molecule has 0 radical (unpaired) electrons. The van der Waals surface area contributed by atoms with Crippen LogP contribution < -0.4 is 14.8 Å². The van der Waals surface area contributed by atoms with E-state index in [9.17, 15) is 10.1 Å². The number of benzene rings is 2. The summed E-state index contributed by atoms with van der Waals surface area (Å²) >= 11 is 5.86. The summed E-state index contributed by atoms with van der Waals surface area (Å²) in [5.41, 5.74) is 0.548. The Morgan fingerprint density at radius 2 is 1.74 bits per heavy atom. The van der Waals surface area contributed by atoms with Crippen LogP contribution in [0.15, 0.2) is 54.9 Å². The van der Waals surface area contributed by atoms with E-state index >= 15 is 0 Å². The summed E-state index contributed by atoms with van der Waals surface area (Å²) in [6.07, 6.45) is 1.20. The predicted octanol–water partition coefficient (Wildman–Crippen LogP) is 4.45. The van der Waals surface area contributed by atoms with Gasteiger partial charge in [0, 0.05) is 11.6 Å². The third-order valence-electron chi connectivity index (χ3n) is 3.62.